The van der Waals surface area contributed by atoms with Gasteiger partial charge in [-0.3, -0.25) is 4.57 Å². The lowest BCUT2D eigenvalue weighted by Crippen LogP contribution is -2.34. The highest BCUT2D eigenvalue weighted by Crippen LogP contribution is 2.42. The van der Waals surface area contributed by atoms with Gasteiger partial charge in [-0.25, -0.2) is 0 Å². The van der Waals surface area contributed by atoms with Crippen molar-refractivity contribution >= 4 is 33.6 Å². The van der Waals surface area contributed by atoms with Crippen LogP contribution in [0.1, 0.15) is 44.2 Å². The normalized spacial score (nSPS) is 19.0. The van der Waals surface area contributed by atoms with Crippen LogP contribution in [0.25, 0.3) is 0 Å². The van der Waals surface area contributed by atoms with E-state index in [-0.39, 0.29) is 0 Å². The smallest absolute Gasteiger partial charge is 0.228 e. The average molecular weight is 407 g/mol. The maximum atomic E-state index is 4.57. The van der Waals surface area contributed by atoms with E-state index in [0.29, 0.717) is 6.04 Å². The third-order valence-electron chi connectivity index (χ3n) is 4.94. The Kier molecular flexibility index (Phi) is 4.86. The summed E-state index contributed by atoms with van der Waals surface area (Å²) in [4.78, 5) is 2.44. The molecular weight excluding hydrogens is 384 g/mol. The quantitative estimate of drug-likeness (QED) is 0.660. The van der Waals surface area contributed by atoms with Crippen molar-refractivity contribution in [3.05, 3.63) is 34.3 Å². The van der Waals surface area contributed by atoms with Gasteiger partial charge >= 0.3 is 0 Å². The Morgan fingerprint density at radius 3 is 2.58 bits per heavy atom. The van der Waals surface area contributed by atoms with E-state index in [2.05, 4.69) is 66.8 Å². The number of aromatic nitrogens is 3. The van der Waals surface area contributed by atoms with Crippen LogP contribution in [0.15, 0.2) is 33.9 Å². The Hall–Kier alpha value is -1.01. The highest BCUT2D eigenvalue weighted by atomic mass is 79.9. The van der Waals surface area contributed by atoms with Gasteiger partial charge in [0, 0.05) is 29.4 Å². The summed E-state index contributed by atoms with van der Waals surface area (Å²) in [6.45, 7) is 4.57. The van der Waals surface area contributed by atoms with Gasteiger partial charge in [-0.05, 0) is 43.2 Å². The van der Waals surface area contributed by atoms with Crippen molar-refractivity contribution < 1.29 is 0 Å². The Labute approximate surface area is 156 Å². The molecule has 0 spiro atoms. The molecule has 2 aliphatic rings. The number of hydrogen-bond acceptors (Lipinski definition) is 4. The lowest BCUT2D eigenvalue weighted by Gasteiger charge is -2.31. The van der Waals surface area contributed by atoms with Gasteiger partial charge in [0.2, 0.25) is 5.95 Å². The fraction of sp³-hybridized carbons (Fsp3) is 0.556. The Morgan fingerprint density at radius 2 is 1.88 bits per heavy atom. The molecule has 2 heterocycles. The van der Waals surface area contributed by atoms with Gasteiger partial charge < -0.3 is 4.90 Å². The molecule has 1 aliphatic carbocycles. The minimum absolute atomic E-state index is 0.607. The fourth-order valence-corrected chi connectivity index (χ4v) is 4.82. The molecule has 128 valence electrons. The minimum atomic E-state index is 0.607. The molecule has 1 aromatic heterocycles. The number of hydrogen-bond donors (Lipinski definition) is 0. The number of anilines is 1. The van der Waals surface area contributed by atoms with Crippen molar-refractivity contribution in [1.82, 2.24) is 14.8 Å². The number of thioether (sulfide) groups is 1. The highest BCUT2D eigenvalue weighted by Gasteiger charge is 2.32. The van der Waals surface area contributed by atoms with Crippen LogP contribution < -0.4 is 4.90 Å². The zero-order chi connectivity index (χ0) is 16.5. The van der Waals surface area contributed by atoms with Gasteiger partial charge in [0.15, 0.2) is 5.16 Å². The van der Waals surface area contributed by atoms with Crippen LogP contribution >= 0.6 is 27.7 Å². The first-order valence-electron chi connectivity index (χ1n) is 8.78. The fourth-order valence-electron chi connectivity index (χ4n) is 3.20. The van der Waals surface area contributed by atoms with Crippen LogP contribution in [0.4, 0.5) is 5.95 Å². The number of piperidine rings is 1. The number of benzene rings is 1. The molecule has 1 aromatic carbocycles. The second kappa shape index (κ2) is 7.08. The molecular formula is C18H23BrN4S. The maximum Gasteiger partial charge on any atom is 0.228 e. The monoisotopic (exact) mass is 406 g/mol. The molecule has 0 atom stereocenters. The molecule has 4 rings (SSSR count). The third-order valence-corrected chi connectivity index (χ3v) is 6.71. The predicted octanol–water partition coefficient (Wildman–Crippen LogP) is 4.90. The summed E-state index contributed by atoms with van der Waals surface area (Å²) < 4.78 is 3.57. The minimum Gasteiger partial charge on any atom is -0.341 e. The molecule has 1 saturated heterocycles. The molecule has 0 unspecified atom stereocenters. The van der Waals surface area contributed by atoms with E-state index < -0.39 is 0 Å². The van der Waals surface area contributed by atoms with Gasteiger partial charge in [-0.1, -0.05) is 52.8 Å². The van der Waals surface area contributed by atoms with Crippen molar-refractivity contribution in [3.63, 3.8) is 0 Å². The maximum absolute atomic E-state index is 4.57. The van der Waals surface area contributed by atoms with E-state index in [4.69, 9.17) is 0 Å². The standard InChI is InChI=1S/C18H23BrN4S/c1-13-8-10-22(11-9-13)17-20-21-18(23(17)15-6-7-15)24-12-14-4-2-3-5-16(14)19/h2-5,13,15H,6-12H2,1H3. The summed E-state index contributed by atoms with van der Waals surface area (Å²) in [6, 6.07) is 9.02. The van der Waals surface area contributed by atoms with E-state index >= 15 is 0 Å². The highest BCUT2D eigenvalue weighted by molar-refractivity contribution is 9.10. The van der Waals surface area contributed by atoms with E-state index in [1.807, 2.05) is 0 Å². The number of rotatable bonds is 5. The van der Waals surface area contributed by atoms with E-state index in [9.17, 15) is 0 Å². The molecule has 6 heteroatoms. The largest absolute Gasteiger partial charge is 0.341 e. The van der Waals surface area contributed by atoms with Gasteiger partial charge in [-0.2, -0.15) is 0 Å². The molecule has 2 aromatic rings. The number of nitrogens with zero attached hydrogens (tertiary/aromatic N) is 4. The molecule has 0 N–H and O–H groups in total. The van der Waals surface area contributed by atoms with Gasteiger partial charge in [0.05, 0.1) is 0 Å². The lowest BCUT2D eigenvalue weighted by molar-refractivity contribution is 0.429. The summed E-state index contributed by atoms with van der Waals surface area (Å²) >= 11 is 5.44. The van der Waals surface area contributed by atoms with Crippen molar-refractivity contribution in [2.24, 2.45) is 5.92 Å². The zero-order valence-corrected chi connectivity index (χ0v) is 16.4. The van der Waals surface area contributed by atoms with Crippen molar-refractivity contribution in [2.45, 2.75) is 49.6 Å². The lowest BCUT2D eigenvalue weighted by atomic mass is 10.00. The number of halogens is 1. The first-order valence-corrected chi connectivity index (χ1v) is 10.6. The molecule has 1 saturated carbocycles. The average Bonchev–Trinajstić information content (AvgIpc) is 3.35. The van der Waals surface area contributed by atoms with Gasteiger partial charge in [0.1, 0.15) is 0 Å². The third kappa shape index (κ3) is 3.49. The topological polar surface area (TPSA) is 34.0 Å². The van der Waals surface area contributed by atoms with Crippen molar-refractivity contribution in [3.8, 4) is 0 Å². The Bertz CT molecular complexity index is 705. The Morgan fingerprint density at radius 1 is 1.12 bits per heavy atom. The molecule has 1 aliphatic heterocycles. The summed E-state index contributed by atoms with van der Waals surface area (Å²) in [5, 5.41) is 10.2. The van der Waals surface area contributed by atoms with Crippen LogP contribution in [0.3, 0.4) is 0 Å². The molecule has 0 amide bonds. The molecule has 4 nitrogen and oxygen atoms in total. The summed E-state index contributed by atoms with van der Waals surface area (Å²) in [5.41, 5.74) is 1.31. The van der Waals surface area contributed by atoms with Crippen LogP contribution in [0.5, 0.6) is 0 Å². The molecule has 0 bridgehead atoms. The van der Waals surface area contributed by atoms with E-state index in [0.717, 1.165) is 35.9 Å². The van der Waals surface area contributed by atoms with Crippen molar-refractivity contribution in [2.75, 3.05) is 18.0 Å². The first kappa shape index (κ1) is 16.5. The summed E-state index contributed by atoms with van der Waals surface area (Å²) in [6.07, 6.45) is 5.05. The Balaban J connectivity index is 1.52. The van der Waals surface area contributed by atoms with Crippen LogP contribution in [0.2, 0.25) is 0 Å². The van der Waals surface area contributed by atoms with E-state index in [1.54, 1.807) is 11.8 Å². The summed E-state index contributed by atoms with van der Waals surface area (Å²) in [7, 11) is 0. The second-order valence-corrected chi connectivity index (χ2v) is 8.73. The zero-order valence-electron chi connectivity index (χ0n) is 14.0. The van der Waals surface area contributed by atoms with Gasteiger partial charge in [-0.15, -0.1) is 10.2 Å². The molecule has 2 fully saturated rings. The van der Waals surface area contributed by atoms with Crippen molar-refractivity contribution in [1.29, 1.82) is 0 Å². The molecule has 0 radical (unpaired) electrons. The van der Waals surface area contributed by atoms with Crippen LogP contribution in [-0.4, -0.2) is 27.9 Å². The van der Waals surface area contributed by atoms with Gasteiger partial charge in [0.25, 0.3) is 0 Å². The predicted molar refractivity (Wildman–Crippen MR) is 103 cm³/mol. The van der Waals surface area contributed by atoms with Crippen LogP contribution in [-0.2, 0) is 5.75 Å². The summed E-state index contributed by atoms with van der Waals surface area (Å²) in [5.74, 6) is 2.85. The SMILES string of the molecule is CC1CCN(c2nnc(SCc3ccccc3Br)n2C2CC2)CC1. The van der Waals surface area contributed by atoms with Crippen LogP contribution in [0, 0.1) is 5.92 Å². The second-order valence-electron chi connectivity index (χ2n) is 6.93. The van der Waals surface area contributed by atoms with E-state index in [1.165, 1.54) is 35.7 Å². The first-order chi connectivity index (χ1) is 11.7. The molecule has 24 heavy (non-hydrogen) atoms.